The monoisotopic (exact) mass is 291 g/mol. The number of benzene rings is 1. The van der Waals surface area contributed by atoms with E-state index in [9.17, 15) is 14.7 Å². The van der Waals surface area contributed by atoms with Gasteiger partial charge in [-0.1, -0.05) is 30.3 Å². The lowest BCUT2D eigenvalue weighted by atomic mass is 10.0. The Morgan fingerprint density at radius 1 is 1.38 bits per heavy atom. The molecule has 1 aromatic carbocycles. The van der Waals surface area contributed by atoms with E-state index in [-0.39, 0.29) is 17.9 Å². The lowest BCUT2D eigenvalue weighted by Crippen LogP contribution is -2.45. The zero-order chi connectivity index (χ0) is 15.4. The van der Waals surface area contributed by atoms with Gasteiger partial charge in [0.1, 0.15) is 6.04 Å². The van der Waals surface area contributed by atoms with Crippen molar-refractivity contribution in [1.82, 2.24) is 4.90 Å². The van der Waals surface area contributed by atoms with Gasteiger partial charge in [-0.15, -0.1) is 0 Å². The van der Waals surface area contributed by atoms with Crippen LogP contribution >= 0.6 is 0 Å². The Kier molecular flexibility index (Phi) is 4.96. The largest absolute Gasteiger partial charge is 0.480 e. The smallest absolute Gasteiger partial charge is 0.326 e. The van der Waals surface area contributed by atoms with Crippen LogP contribution in [0.5, 0.6) is 0 Å². The van der Waals surface area contributed by atoms with Crippen LogP contribution in [0.1, 0.15) is 18.9 Å². The van der Waals surface area contributed by atoms with Gasteiger partial charge in [0.2, 0.25) is 5.91 Å². The molecule has 0 spiro atoms. The molecule has 5 nitrogen and oxygen atoms in total. The van der Waals surface area contributed by atoms with Crippen molar-refractivity contribution in [2.45, 2.75) is 31.9 Å². The van der Waals surface area contributed by atoms with Gasteiger partial charge < -0.3 is 14.7 Å². The zero-order valence-electron chi connectivity index (χ0n) is 12.4. The Hall–Kier alpha value is -1.88. The first-order valence-corrected chi connectivity index (χ1v) is 7.19. The van der Waals surface area contributed by atoms with E-state index >= 15 is 0 Å². The van der Waals surface area contributed by atoms with Crippen LogP contribution in [0.25, 0.3) is 0 Å². The van der Waals surface area contributed by atoms with E-state index in [0.29, 0.717) is 19.4 Å². The van der Waals surface area contributed by atoms with Crippen LogP contribution in [0.4, 0.5) is 0 Å². The molecule has 1 aliphatic carbocycles. The maximum absolute atomic E-state index is 12.3. The van der Waals surface area contributed by atoms with E-state index in [4.69, 9.17) is 4.74 Å². The molecule has 1 aliphatic rings. The van der Waals surface area contributed by atoms with Gasteiger partial charge in [0, 0.05) is 20.1 Å². The maximum Gasteiger partial charge on any atom is 0.326 e. The Balaban J connectivity index is 2.01. The lowest BCUT2D eigenvalue weighted by Gasteiger charge is -2.25. The van der Waals surface area contributed by atoms with E-state index in [1.807, 2.05) is 37.3 Å². The molecule has 0 aromatic heterocycles. The molecule has 1 saturated carbocycles. The summed E-state index contributed by atoms with van der Waals surface area (Å²) in [7, 11) is 1.56. The Bertz CT molecular complexity index is 502. The van der Waals surface area contributed by atoms with E-state index in [2.05, 4.69) is 0 Å². The summed E-state index contributed by atoms with van der Waals surface area (Å²) in [6.45, 7) is 2.46. The van der Waals surface area contributed by atoms with Gasteiger partial charge in [-0.3, -0.25) is 4.79 Å². The molecule has 21 heavy (non-hydrogen) atoms. The number of amides is 1. The van der Waals surface area contributed by atoms with Crippen LogP contribution in [-0.4, -0.2) is 47.7 Å². The standard InChI is InChI=1S/C16H21NO4/c1-3-21-14-10-12(14)15(18)17(2)13(16(19)20)9-11-7-5-4-6-8-11/h4-8,12-14H,3,9-10H2,1-2H3,(H,19,20). The molecule has 0 heterocycles. The number of carboxylic acid groups (broad SMARTS) is 1. The quantitative estimate of drug-likeness (QED) is 0.828. The summed E-state index contributed by atoms with van der Waals surface area (Å²) in [5.41, 5.74) is 0.904. The minimum Gasteiger partial charge on any atom is -0.480 e. The Labute approximate surface area is 124 Å². The fourth-order valence-corrected chi connectivity index (χ4v) is 2.47. The summed E-state index contributed by atoms with van der Waals surface area (Å²) in [6, 6.07) is 8.50. The third-order valence-corrected chi connectivity index (χ3v) is 3.80. The number of ether oxygens (including phenoxy) is 1. The van der Waals surface area contributed by atoms with Gasteiger partial charge in [0.25, 0.3) is 0 Å². The number of hydrogen-bond donors (Lipinski definition) is 1. The highest BCUT2D eigenvalue weighted by molar-refractivity contribution is 5.87. The first kappa shape index (κ1) is 15.5. The molecule has 0 radical (unpaired) electrons. The molecule has 3 atom stereocenters. The van der Waals surface area contributed by atoms with Crippen LogP contribution in [0.3, 0.4) is 0 Å². The van der Waals surface area contributed by atoms with Gasteiger partial charge in [-0.25, -0.2) is 4.79 Å². The SMILES string of the molecule is CCOC1CC1C(=O)N(C)C(Cc1ccccc1)C(=O)O. The van der Waals surface area contributed by atoms with Crippen molar-refractivity contribution in [1.29, 1.82) is 0 Å². The van der Waals surface area contributed by atoms with E-state index in [1.54, 1.807) is 7.05 Å². The van der Waals surface area contributed by atoms with Gasteiger partial charge in [0.05, 0.1) is 12.0 Å². The molecule has 0 aliphatic heterocycles. The van der Waals surface area contributed by atoms with Crippen LogP contribution in [0.15, 0.2) is 30.3 Å². The molecule has 1 N–H and O–H groups in total. The van der Waals surface area contributed by atoms with Crippen LogP contribution in [0.2, 0.25) is 0 Å². The van der Waals surface area contributed by atoms with Crippen molar-refractivity contribution < 1.29 is 19.4 Å². The zero-order valence-corrected chi connectivity index (χ0v) is 12.4. The molecule has 3 unspecified atom stereocenters. The minimum atomic E-state index is -0.983. The van der Waals surface area contributed by atoms with Gasteiger partial charge in [-0.2, -0.15) is 0 Å². The predicted molar refractivity (Wildman–Crippen MR) is 77.9 cm³/mol. The second-order valence-corrected chi connectivity index (χ2v) is 5.33. The number of aliphatic carboxylic acids is 1. The summed E-state index contributed by atoms with van der Waals surface area (Å²) in [5.74, 6) is -1.31. The summed E-state index contributed by atoms with van der Waals surface area (Å²) in [6.07, 6.45) is 0.954. The molecule has 0 bridgehead atoms. The Morgan fingerprint density at radius 2 is 2.05 bits per heavy atom. The molecule has 5 heteroatoms. The molecule has 1 aromatic rings. The van der Waals surface area contributed by atoms with Crippen LogP contribution in [0, 0.1) is 5.92 Å². The highest BCUT2D eigenvalue weighted by atomic mass is 16.5. The molecular formula is C16H21NO4. The molecule has 1 amide bonds. The van der Waals surface area contributed by atoms with Crippen molar-refractivity contribution >= 4 is 11.9 Å². The highest BCUT2D eigenvalue weighted by Crippen LogP contribution is 2.35. The average Bonchev–Trinajstić information content (AvgIpc) is 3.24. The predicted octanol–water partition coefficient (Wildman–Crippen LogP) is 1.57. The van der Waals surface area contributed by atoms with E-state index < -0.39 is 12.0 Å². The second kappa shape index (κ2) is 6.72. The molecule has 114 valence electrons. The maximum atomic E-state index is 12.3. The first-order valence-electron chi connectivity index (χ1n) is 7.19. The van der Waals surface area contributed by atoms with Crippen molar-refractivity contribution in [3.05, 3.63) is 35.9 Å². The van der Waals surface area contributed by atoms with Crippen molar-refractivity contribution in [3.8, 4) is 0 Å². The number of hydrogen-bond acceptors (Lipinski definition) is 3. The second-order valence-electron chi connectivity index (χ2n) is 5.33. The minimum absolute atomic E-state index is 0.0453. The molecular weight excluding hydrogens is 270 g/mol. The normalized spacial score (nSPS) is 21.6. The first-order chi connectivity index (χ1) is 10.0. The summed E-state index contributed by atoms with van der Waals surface area (Å²) >= 11 is 0. The number of carbonyl (C=O) groups excluding carboxylic acids is 1. The van der Waals surface area contributed by atoms with E-state index in [1.165, 1.54) is 4.90 Å². The number of likely N-dealkylation sites (N-methyl/N-ethyl adjacent to an activating group) is 1. The third kappa shape index (κ3) is 3.82. The summed E-state index contributed by atoms with van der Waals surface area (Å²) in [5, 5.41) is 9.40. The molecule has 2 rings (SSSR count). The van der Waals surface area contributed by atoms with Crippen molar-refractivity contribution in [2.75, 3.05) is 13.7 Å². The van der Waals surface area contributed by atoms with Crippen LogP contribution < -0.4 is 0 Å². The number of rotatable bonds is 7. The molecule has 0 saturated heterocycles. The van der Waals surface area contributed by atoms with Gasteiger partial charge >= 0.3 is 5.97 Å². The number of nitrogens with zero attached hydrogens (tertiary/aromatic N) is 1. The lowest BCUT2D eigenvalue weighted by molar-refractivity contribution is -0.149. The number of carboxylic acids is 1. The molecule has 1 fully saturated rings. The topological polar surface area (TPSA) is 66.8 Å². The third-order valence-electron chi connectivity index (χ3n) is 3.80. The summed E-state index contributed by atoms with van der Waals surface area (Å²) in [4.78, 5) is 25.1. The van der Waals surface area contributed by atoms with Crippen LogP contribution in [-0.2, 0) is 20.7 Å². The fraction of sp³-hybridized carbons (Fsp3) is 0.500. The van der Waals surface area contributed by atoms with E-state index in [0.717, 1.165) is 5.56 Å². The highest BCUT2D eigenvalue weighted by Gasteiger charge is 2.46. The average molecular weight is 291 g/mol. The number of carbonyl (C=O) groups is 2. The fourth-order valence-electron chi connectivity index (χ4n) is 2.47. The van der Waals surface area contributed by atoms with Crippen molar-refractivity contribution in [3.63, 3.8) is 0 Å². The van der Waals surface area contributed by atoms with Gasteiger partial charge in [-0.05, 0) is 18.9 Å². The summed E-state index contributed by atoms with van der Waals surface area (Å²) < 4.78 is 5.40. The Morgan fingerprint density at radius 3 is 2.62 bits per heavy atom. The van der Waals surface area contributed by atoms with Crippen molar-refractivity contribution in [2.24, 2.45) is 5.92 Å². The van der Waals surface area contributed by atoms with Gasteiger partial charge in [0.15, 0.2) is 0 Å².